The minimum Gasteiger partial charge on any atom is -0.349 e. The molecule has 0 spiro atoms. The third kappa shape index (κ3) is 4.79. The fourth-order valence-corrected chi connectivity index (χ4v) is 2.43. The molecule has 0 radical (unpaired) electrons. The number of carbonyl (C=O) groups excluding carboxylic acids is 2. The number of carbonyl (C=O) groups is 2. The lowest BCUT2D eigenvalue weighted by molar-refractivity contribution is -0.154. The summed E-state index contributed by atoms with van der Waals surface area (Å²) in [5, 5.41) is 12.7. The van der Waals surface area contributed by atoms with Crippen LogP contribution < -0.4 is 5.32 Å². The van der Waals surface area contributed by atoms with Gasteiger partial charge in [-0.25, -0.2) is 10.0 Å². The number of fused-ring (bicyclic) bond motifs is 1. The maximum absolute atomic E-state index is 12.3. The summed E-state index contributed by atoms with van der Waals surface area (Å²) < 4.78 is 0. The Labute approximate surface area is 134 Å². The Bertz CT molecular complexity index is 623. The lowest BCUT2D eigenvalue weighted by atomic mass is 10.0. The number of hydroxylamine groups is 2. The highest BCUT2D eigenvalue weighted by molar-refractivity contribution is 5.79. The predicted molar refractivity (Wildman–Crippen MR) is 85.5 cm³/mol. The second kappa shape index (κ2) is 8.28. The molecule has 0 aliphatic heterocycles. The molecule has 1 atom stereocenters. The third-order valence-corrected chi connectivity index (χ3v) is 3.67. The molecule has 1 aromatic heterocycles. The maximum Gasteiger partial charge on any atom is 0.233 e. The lowest BCUT2D eigenvalue weighted by Gasteiger charge is -2.19. The van der Waals surface area contributed by atoms with Gasteiger partial charge in [0, 0.05) is 0 Å². The van der Waals surface area contributed by atoms with Crippen LogP contribution in [0, 0.1) is 5.92 Å². The number of H-pyrrole nitrogens is 1. The van der Waals surface area contributed by atoms with Crippen molar-refractivity contribution in [2.75, 3.05) is 6.54 Å². The Kier molecular flexibility index (Phi) is 6.10. The SMILES string of the molecule is CCCCC(CN(O)C=O)C(=O)NCc1nc2ccccc2[nH]1. The lowest BCUT2D eigenvalue weighted by Crippen LogP contribution is -2.37. The van der Waals surface area contributed by atoms with Gasteiger partial charge in [0.15, 0.2) is 0 Å². The highest BCUT2D eigenvalue weighted by Gasteiger charge is 2.20. The molecule has 0 fully saturated rings. The maximum atomic E-state index is 12.3. The summed E-state index contributed by atoms with van der Waals surface area (Å²) in [6, 6.07) is 7.64. The number of unbranched alkanes of at least 4 members (excludes halogenated alkanes) is 1. The molecule has 0 aliphatic carbocycles. The minimum absolute atomic E-state index is 0.00450. The summed E-state index contributed by atoms with van der Waals surface area (Å²) >= 11 is 0. The molecule has 7 nitrogen and oxygen atoms in total. The molecule has 1 aromatic carbocycles. The topological polar surface area (TPSA) is 98.3 Å². The number of amides is 2. The smallest absolute Gasteiger partial charge is 0.233 e. The summed E-state index contributed by atoms with van der Waals surface area (Å²) in [4.78, 5) is 30.4. The largest absolute Gasteiger partial charge is 0.349 e. The Morgan fingerprint density at radius 1 is 1.48 bits per heavy atom. The number of para-hydroxylation sites is 2. The van der Waals surface area contributed by atoms with Crippen LogP contribution in [0.15, 0.2) is 24.3 Å². The number of nitrogens with zero attached hydrogens (tertiary/aromatic N) is 2. The van der Waals surface area contributed by atoms with Crippen molar-refractivity contribution >= 4 is 23.4 Å². The molecule has 0 saturated heterocycles. The monoisotopic (exact) mass is 318 g/mol. The standard InChI is InChI=1S/C16H22N4O3/c1-2-3-6-12(10-20(23)11-21)16(22)17-9-15-18-13-7-4-5-8-14(13)19-15/h4-5,7-8,11-12,23H,2-3,6,9-10H2,1H3,(H,17,22)(H,18,19). The van der Waals surface area contributed by atoms with Crippen molar-refractivity contribution in [3.63, 3.8) is 0 Å². The molecule has 23 heavy (non-hydrogen) atoms. The van der Waals surface area contributed by atoms with E-state index in [1.165, 1.54) is 0 Å². The molecule has 124 valence electrons. The molecular weight excluding hydrogens is 296 g/mol. The Morgan fingerprint density at radius 2 is 2.26 bits per heavy atom. The molecule has 1 heterocycles. The summed E-state index contributed by atoms with van der Waals surface area (Å²) in [5.41, 5.74) is 1.77. The molecule has 0 saturated carbocycles. The zero-order valence-electron chi connectivity index (χ0n) is 13.2. The number of aromatic nitrogens is 2. The van der Waals surface area contributed by atoms with Gasteiger partial charge in [-0.05, 0) is 18.6 Å². The van der Waals surface area contributed by atoms with Gasteiger partial charge in [0.25, 0.3) is 0 Å². The van der Waals surface area contributed by atoms with Gasteiger partial charge < -0.3 is 10.3 Å². The molecule has 0 aliphatic rings. The minimum atomic E-state index is -0.436. The van der Waals surface area contributed by atoms with Gasteiger partial charge in [-0.3, -0.25) is 14.8 Å². The van der Waals surface area contributed by atoms with Gasteiger partial charge in [-0.1, -0.05) is 31.9 Å². The number of rotatable bonds is 9. The molecule has 1 unspecified atom stereocenters. The number of benzene rings is 1. The summed E-state index contributed by atoms with van der Waals surface area (Å²) in [6.07, 6.45) is 2.73. The molecule has 2 amide bonds. The van der Waals surface area contributed by atoms with Crippen molar-refractivity contribution in [2.24, 2.45) is 5.92 Å². The van der Waals surface area contributed by atoms with Crippen molar-refractivity contribution in [1.29, 1.82) is 0 Å². The molecule has 3 N–H and O–H groups in total. The van der Waals surface area contributed by atoms with Crippen LogP contribution in [-0.2, 0) is 16.1 Å². The first kappa shape index (κ1) is 17.0. The van der Waals surface area contributed by atoms with E-state index in [4.69, 9.17) is 0 Å². The summed E-state index contributed by atoms with van der Waals surface area (Å²) in [7, 11) is 0. The van der Waals surface area contributed by atoms with Crippen molar-refractivity contribution in [3.8, 4) is 0 Å². The van der Waals surface area contributed by atoms with Crippen LogP contribution >= 0.6 is 0 Å². The molecule has 0 bridgehead atoms. The zero-order chi connectivity index (χ0) is 16.7. The van der Waals surface area contributed by atoms with Gasteiger partial charge in [0.2, 0.25) is 12.3 Å². The quantitative estimate of drug-likeness (QED) is 0.373. The zero-order valence-corrected chi connectivity index (χ0v) is 13.2. The highest BCUT2D eigenvalue weighted by Crippen LogP contribution is 2.12. The molecule has 2 aromatic rings. The van der Waals surface area contributed by atoms with Crippen molar-refractivity contribution in [2.45, 2.75) is 32.7 Å². The van der Waals surface area contributed by atoms with Crippen LogP contribution in [0.2, 0.25) is 0 Å². The highest BCUT2D eigenvalue weighted by atomic mass is 16.5. The van der Waals surface area contributed by atoms with E-state index < -0.39 is 5.92 Å². The number of nitrogens with one attached hydrogen (secondary N) is 2. The fraction of sp³-hybridized carbons (Fsp3) is 0.438. The average molecular weight is 318 g/mol. The van der Waals surface area contributed by atoms with E-state index in [-0.39, 0.29) is 19.0 Å². The van der Waals surface area contributed by atoms with E-state index in [2.05, 4.69) is 15.3 Å². The number of imidazole rings is 1. The first-order chi connectivity index (χ1) is 11.1. The second-order valence-electron chi connectivity index (χ2n) is 5.49. The van der Waals surface area contributed by atoms with E-state index in [1.54, 1.807) is 0 Å². The Balaban J connectivity index is 1.95. The fourth-order valence-electron chi connectivity index (χ4n) is 2.43. The van der Waals surface area contributed by atoms with Crippen LogP contribution in [0.4, 0.5) is 0 Å². The van der Waals surface area contributed by atoms with E-state index in [0.717, 1.165) is 23.9 Å². The van der Waals surface area contributed by atoms with Gasteiger partial charge in [0.05, 0.1) is 30.0 Å². The van der Waals surface area contributed by atoms with Crippen LogP contribution in [0.3, 0.4) is 0 Å². The second-order valence-corrected chi connectivity index (χ2v) is 5.49. The van der Waals surface area contributed by atoms with Gasteiger partial charge in [-0.2, -0.15) is 0 Å². The van der Waals surface area contributed by atoms with Crippen LogP contribution in [0.5, 0.6) is 0 Å². The van der Waals surface area contributed by atoms with E-state index in [0.29, 0.717) is 23.7 Å². The van der Waals surface area contributed by atoms with E-state index >= 15 is 0 Å². The summed E-state index contributed by atoms with van der Waals surface area (Å²) in [6.45, 7) is 2.30. The first-order valence-corrected chi connectivity index (χ1v) is 7.76. The summed E-state index contributed by atoms with van der Waals surface area (Å²) in [5.74, 6) is 0.0411. The normalized spacial score (nSPS) is 12.1. The Morgan fingerprint density at radius 3 is 2.96 bits per heavy atom. The van der Waals surface area contributed by atoms with Gasteiger partial charge in [0.1, 0.15) is 5.82 Å². The van der Waals surface area contributed by atoms with Crippen molar-refractivity contribution in [3.05, 3.63) is 30.1 Å². The van der Waals surface area contributed by atoms with E-state index in [9.17, 15) is 14.8 Å². The Hall–Kier alpha value is -2.41. The van der Waals surface area contributed by atoms with Crippen LogP contribution in [-0.4, -0.2) is 39.1 Å². The van der Waals surface area contributed by atoms with Gasteiger partial charge in [-0.15, -0.1) is 0 Å². The number of hydrogen-bond acceptors (Lipinski definition) is 4. The van der Waals surface area contributed by atoms with Crippen LogP contribution in [0.25, 0.3) is 11.0 Å². The molecule has 2 rings (SSSR count). The first-order valence-electron chi connectivity index (χ1n) is 7.76. The van der Waals surface area contributed by atoms with Gasteiger partial charge >= 0.3 is 0 Å². The van der Waals surface area contributed by atoms with Crippen molar-refractivity contribution < 1.29 is 14.8 Å². The predicted octanol–water partition coefficient (Wildman–Crippen LogP) is 1.83. The van der Waals surface area contributed by atoms with Crippen LogP contribution in [0.1, 0.15) is 32.0 Å². The van der Waals surface area contributed by atoms with E-state index in [1.807, 2.05) is 31.2 Å². The third-order valence-electron chi connectivity index (χ3n) is 3.67. The molecular formula is C16H22N4O3. The number of hydrogen-bond donors (Lipinski definition) is 3. The average Bonchev–Trinajstić information content (AvgIpc) is 2.99. The number of aromatic amines is 1. The molecule has 7 heteroatoms. The van der Waals surface area contributed by atoms with Crippen molar-refractivity contribution in [1.82, 2.24) is 20.3 Å².